The van der Waals surface area contributed by atoms with Crippen LogP contribution in [0.25, 0.3) is 0 Å². The highest BCUT2D eigenvalue weighted by Crippen LogP contribution is 2.65. The monoisotopic (exact) mass is 416 g/mol. The summed E-state index contributed by atoms with van der Waals surface area (Å²) < 4.78 is 18.3. The number of carbonyl (C=O) groups is 2. The minimum absolute atomic E-state index is 0.0710. The van der Waals surface area contributed by atoms with Gasteiger partial charge in [0, 0.05) is 24.9 Å². The second-order valence-electron chi connectivity index (χ2n) is 9.92. The number of nitrogens with zero attached hydrogens (tertiary/aromatic N) is 1. The van der Waals surface area contributed by atoms with Gasteiger partial charge in [-0.15, -0.1) is 0 Å². The number of rotatable bonds is 4. The number of methoxy groups -OCH3 is 1. The minimum Gasteiger partial charge on any atom is -0.453 e. The molecule has 4 aliphatic carbocycles. The summed E-state index contributed by atoms with van der Waals surface area (Å²) in [6, 6.07) is 6.57. The lowest BCUT2D eigenvalue weighted by molar-refractivity contribution is -0.173. The molecule has 2 atom stereocenters. The van der Waals surface area contributed by atoms with E-state index in [2.05, 4.69) is 10.1 Å². The number of aliphatic hydroxyl groups is 1. The number of halogens is 1. The third-order valence-corrected chi connectivity index (χ3v) is 8.18. The second-order valence-corrected chi connectivity index (χ2v) is 9.92. The van der Waals surface area contributed by atoms with Crippen LogP contribution < -0.4 is 5.32 Å². The first kappa shape index (κ1) is 19.8. The van der Waals surface area contributed by atoms with E-state index in [1.165, 1.54) is 19.2 Å². The maximum Gasteiger partial charge on any atom is 0.407 e. The lowest BCUT2D eigenvalue weighted by Gasteiger charge is -2.64. The maximum absolute atomic E-state index is 13.7. The Kier molecular flexibility index (Phi) is 4.58. The van der Waals surface area contributed by atoms with Crippen LogP contribution in [0.1, 0.15) is 44.1 Å². The lowest BCUT2D eigenvalue weighted by Crippen LogP contribution is -2.65. The van der Waals surface area contributed by atoms with Gasteiger partial charge in [-0.05, 0) is 67.6 Å². The number of carbonyl (C=O) groups excluding carboxylic acids is 2. The Hall–Kier alpha value is -2.15. The zero-order valence-electron chi connectivity index (χ0n) is 17.3. The van der Waals surface area contributed by atoms with Gasteiger partial charge < -0.3 is 20.1 Å². The number of benzene rings is 1. The Morgan fingerprint density at radius 2 is 1.80 bits per heavy atom. The first-order valence-electron chi connectivity index (χ1n) is 10.9. The third kappa shape index (κ3) is 3.09. The second kappa shape index (κ2) is 6.94. The molecule has 0 aromatic heterocycles. The van der Waals surface area contributed by atoms with Gasteiger partial charge in [-0.1, -0.05) is 12.1 Å². The SMILES string of the molecule is COC(=O)NC1CN(C(=O)C[C@]2(c3ccc(F)cc3)C3CC4CC2C[C@](O)(C4)C3)C1. The van der Waals surface area contributed by atoms with Gasteiger partial charge in [0.2, 0.25) is 5.91 Å². The van der Waals surface area contributed by atoms with Crippen molar-refractivity contribution in [2.24, 2.45) is 17.8 Å². The van der Waals surface area contributed by atoms with Crippen LogP contribution in [0.4, 0.5) is 9.18 Å². The van der Waals surface area contributed by atoms with Crippen LogP contribution in [0.5, 0.6) is 0 Å². The number of alkyl carbamates (subject to hydrolysis) is 1. The summed E-state index contributed by atoms with van der Waals surface area (Å²) in [6.45, 7) is 0.963. The Morgan fingerprint density at radius 3 is 2.37 bits per heavy atom. The molecule has 2 unspecified atom stereocenters. The average Bonchev–Trinajstić information content (AvgIpc) is 2.66. The van der Waals surface area contributed by atoms with Crippen LogP contribution in [0.2, 0.25) is 0 Å². The molecule has 5 aliphatic rings. The molecule has 1 aliphatic heterocycles. The number of hydrogen-bond acceptors (Lipinski definition) is 4. The molecular formula is C23H29FN2O4. The van der Waals surface area contributed by atoms with E-state index >= 15 is 0 Å². The Labute approximate surface area is 175 Å². The minimum atomic E-state index is -0.602. The van der Waals surface area contributed by atoms with Gasteiger partial charge >= 0.3 is 6.09 Å². The summed E-state index contributed by atoms with van der Waals surface area (Å²) in [5.41, 5.74) is 0.0730. The molecule has 2 amide bonds. The number of nitrogens with one attached hydrogen (secondary N) is 1. The highest BCUT2D eigenvalue weighted by atomic mass is 19.1. The average molecular weight is 416 g/mol. The molecule has 0 spiro atoms. The lowest BCUT2D eigenvalue weighted by atomic mass is 9.41. The molecule has 162 valence electrons. The molecule has 7 heteroatoms. The predicted octanol–water partition coefficient (Wildman–Crippen LogP) is 2.59. The molecule has 4 bridgehead atoms. The summed E-state index contributed by atoms with van der Waals surface area (Å²) in [4.78, 5) is 26.5. The van der Waals surface area contributed by atoms with Crippen LogP contribution >= 0.6 is 0 Å². The van der Waals surface area contributed by atoms with E-state index in [0.717, 1.165) is 37.7 Å². The topological polar surface area (TPSA) is 78.9 Å². The van der Waals surface area contributed by atoms with E-state index in [4.69, 9.17) is 0 Å². The molecule has 1 heterocycles. The van der Waals surface area contributed by atoms with E-state index in [0.29, 0.717) is 25.4 Å². The van der Waals surface area contributed by atoms with Gasteiger partial charge in [0.1, 0.15) is 5.82 Å². The molecule has 0 radical (unpaired) electrons. The van der Waals surface area contributed by atoms with E-state index in [-0.39, 0.29) is 35.0 Å². The van der Waals surface area contributed by atoms with Crippen LogP contribution in [-0.4, -0.2) is 53.8 Å². The number of amides is 2. The summed E-state index contributed by atoms with van der Waals surface area (Å²) in [6.07, 6.45) is 4.26. The van der Waals surface area contributed by atoms with Crippen molar-refractivity contribution in [3.63, 3.8) is 0 Å². The molecule has 30 heavy (non-hydrogen) atoms. The fourth-order valence-electron chi connectivity index (χ4n) is 7.04. The van der Waals surface area contributed by atoms with Gasteiger partial charge in [-0.25, -0.2) is 9.18 Å². The van der Waals surface area contributed by atoms with Crippen molar-refractivity contribution >= 4 is 12.0 Å². The van der Waals surface area contributed by atoms with Crippen molar-refractivity contribution in [2.45, 2.75) is 55.6 Å². The Balaban J connectivity index is 1.39. The Morgan fingerprint density at radius 1 is 1.17 bits per heavy atom. The zero-order valence-corrected chi connectivity index (χ0v) is 17.3. The summed E-state index contributed by atoms with van der Waals surface area (Å²) in [5, 5.41) is 13.8. The van der Waals surface area contributed by atoms with Crippen LogP contribution in [0.3, 0.4) is 0 Å². The Bertz CT molecular complexity index is 835. The van der Waals surface area contributed by atoms with E-state index in [9.17, 15) is 19.1 Å². The predicted molar refractivity (Wildman–Crippen MR) is 107 cm³/mol. The van der Waals surface area contributed by atoms with Gasteiger partial charge in [0.15, 0.2) is 0 Å². The van der Waals surface area contributed by atoms with E-state index < -0.39 is 11.7 Å². The standard InChI is InChI=1S/C23H29FN2O4/c1-30-21(28)25-19-12-26(13-19)20(27)11-23(15-2-4-18(24)5-3-15)16-6-14-7-17(23)10-22(29,8-14)9-16/h2-5,14,16-17,19,29H,6-13H2,1H3,(H,25,28)/t14?,16?,17?,22-,23-. The van der Waals surface area contributed by atoms with E-state index in [1.54, 1.807) is 4.90 Å². The highest BCUT2D eigenvalue weighted by molar-refractivity contribution is 5.79. The number of ether oxygens (including phenoxy) is 1. The van der Waals surface area contributed by atoms with Crippen molar-refractivity contribution in [3.8, 4) is 0 Å². The molecule has 1 aromatic carbocycles. The maximum atomic E-state index is 13.7. The molecule has 6 nitrogen and oxygen atoms in total. The van der Waals surface area contributed by atoms with Gasteiger partial charge in [0.05, 0.1) is 18.8 Å². The van der Waals surface area contributed by atoms with Crippen molar-refractivity contribution in [2.75, 3.05) is 20.2 Å². The van der Waals surface area contributed by atoms with Crippen molar-refractivity contribution in [3.05, 3.63) is 35.6 Å². The van der Waals surface area contributed by atoms with Crippen LogP contribution in [0.15, 0.2) is 24.3 Å². The smallest absolute Gasteiger partial charge is 0.407 e. The zero-order chi connectivity index (χ0) is 21.1. The van der Waals surface area contributed by atoms with Crippen LogP contribution in [0, 0.1) is 23.6 Å². The molecule has 6 rings (SSSR count). The third-order valence-electron chi connectivity index (χ3n) is 8.18. The van der Waals surface area contributed by atoms with Crippen molar-refractivity contribution in [1.29, 1.82) is 0 Å². The summed E-state index contributed by atoms with van der Waals surface area (Å²) in [5.74, 6) is 0.777. The van der Waals surface area contributed by atoms with Gasteiger partial charge in [0.25, 0.3) is 0 Å². The molecular weight excluding hydrogens is 387 g/mol. The first-order valence-corrected chi connectivity index (χ1v) is 10.9. The van der Waals surface area contributed by atoms with Gasteiger partial charge in [-0.2, -0.15) is 0 Å². The van der Waals surface area contributed by atoms with Crippen LogP contribution in [-0.2, 0) is 14.9 Å². The molecule has 1 aromatic rings. The fourth-order valence-corrected chi connectivity index (χ4v) is 7.04. The largest absolute Gasteiger partial charge is 0.453 e. The van der Waals surface area contributed by atoms with Crippen molar-refractivity contribution in [1.82, 2.24) is 10.2 Å². The summed E-state index contributed by atoms with van der Waals surface area (Å²) >= 11 is 0. The normalized spacial score (nSPS) is 37.0. The van der Waals surface area contributed by atoms with Gasteiger partial charge in [-0.3, -0.25) is 4.79 Å². The summed E-state index contributed by atoms with van der Waals surface area (Å²) in [7, 11) is 1.32. The van der Waals surface area contributed by atoms with Crippen molar-refractivity contribution < 1.29 is 23.8 Å². The molecule has 2 N–H and O–H groups in total. The molecule has 1 saturated heterocycles. The number of hydrogen-bond donors (Lipinski definition) is 2. The molecule has 4 saturated carbocycles. The fraction of sp³-hybridized carbons (Fsp3) is 0.652. The van der Waals surface area contributed by atoms with E-state index in [1.807, 2.05) is 12.1 Å². The quantitative estimate of drug-likeness (QED) is 0.791. The number of likely N-dealkylation sites (tertiary alicyclic amines) is 1. The molecule has 5 fully saturated rings. The highest BCUT2D eigenvalue weighted by Gasteiger charge is 2.63. The first-order chi connectivity index (χ1) is 14.3.